The van der Waals surface area contributed by atoms with Gasteiger partial charge in [-0.25, -0.2) is 9.97 Å². The Morgan fingerprint density at radius 2 is 0.866 bits per heavy atom. The van der Waals surface area contributed by atoms with Crippen LogP contribution in [-0.2, 0) is 0 Å². The third-order valence-corrected chi connectivity index (χ3v) is 13.4. The lowest BCUT2D eigenvalue weighted by atomic mass is 9.95. The van der Waals surface area contributed by atoms with Crippen molar-refractivity contribution in [3.8, 4) is 61.7 Å². The van der Waals surface area contributed by atoms with Crippen molar-refractivity contribution in [2.24, 2.45) is 0 Å². The summed E-state index contributed by atoms with van der Waals surface area (Å²) >= 11 is 0. The molecule has 0 atom stereocenters. The minimum atomic E-state index is 0.666. The SMILES string of the molecule is c1ccc(-c2nc(-c3cccc(-c4cccc5oc6ccc(-c7ccc8c(c7)c7ccccc7n8-c7ccccc7)cc6c45)c3)nc3ccc(-c4cccc5oc6ccccc6c45)cc23)cc1. The smallest absolute Gasteiger partial charge is 0.160 e. The molecule has 0 unspecified atom stereocenters. The van der Waals surface area contributed by atoms with E-state index < -0.39 is 0 Å². The molecule has 14 rings (SSSR count). The summed E-state index contributed by atoms with van der Waals surface area (Å²) in [5.41, 5.74) is 17.3. The molecule has 0 bridgehead atoms. The second kappa shape index (κ2) is 14.7. The van der Waals surface area contributed by atoms with Gasteiger partial charge in [-0.05, 0) is 112 Å². The summed E-state index contributed by atoms with van der Waals surface area (Å²) < 4.78 is 15.2. The van der Waals surface area contributed by atoms with Gasteiger partial charge >= 0.3 is 0 Å². The van der Waals surface area contributed by atoms with Crippen LogP contribution in [0.5, 0.6) is 0 Å². The standard InChI is InChI=1S/C62H37N3O2/c1-3-14-38(15-4-1)61-50-37-42(46-23-13-26-57-59(46)48-21-8-10-25-55(48)66-57)28-31-52(50)63-62(64-61)43-17-11-16-41(34-43)45-22-12-27-58-60(45)51-36-40(30-33-56(51)67-58)39-29-32-54-49(35-39)47-20-7-9-24-53(47)65(54)44-18-5-2-6-19-44/h1-37H. The van der Waals surface area contributed by atoms with E-state index >= 15 is 0 Å². The molecule has 0 fully saturated rings. The van der Waals surface area contributed by atoms with Crippen LogP contribution in [0.4, 0.5) is 0 Å². The predicted octanol–water partition coefficient (Wildman–Crippen LogP) is 16.9. The summed E-state index contributed by atoms with van der Waals surface area (Å²) in [4.78, 5) is 10.6. The molecular weight excluding hydrogens is 819 g/mol. The molecule has 0 aliphatic carbocycles. The number of benzene rings is 10. The topological polar surface area (TPSA) is 57.0 Å². The van der Waals surface area contributed by atoms with Crippen LogP contribution >= 0.6 is 0 Å². The first-order valence-corrected chi connectivity index (χ1v) is 22.6. The van der Waals surface area contributed by atoms with Gasteiger partial charge in [-0.1, -0.05) is 146 Å². The lowest BCUT2D eigenvalue weighted by Crippen LogP contribution is -1.96. The van der Waals surface area contributed by atoms with Crippen molar-refractivity contribution < 1.29 is 8.83 Å². The predicted molar refractivity (Wildman–Crippen MR) is 276 cm³/mol. The van der Waals surface area contributed by atoms with Gasteiger partial charge in [-0.3, -0.25) is 0 Å². The molecule has 5 nitrogen and oxygen atoms in total. The number of hydrogen-bond donors (Lipinski definition) is 0. The number of hydrogen-bond acceptors (Lipinski definition) is 4. The molecule has 0 spiro atoms. The molecule has 4 heterocycles. The first-order valence-electron chi connectivity index (χ1n) is 22.6. The van der Waals surface area contributed by atoms with Crippen LogP contribution in [0.15, 0.2) is 233 Å². The zero-order valence-corrected chi connectivity index (χ0v) is 36.0. The van der Waals surface area contributed by atoms with E-state index in [9.17, 15) is 0 Å². The van der Waals surface area contributed by atoms with Crippen molar-refractivity contribution in [3.63, 3.8) is 0 Å². The lowest BCUT2D eigenvalue weighted by molar-refractivity contribution is 0.668. The van der Waals surface area contributed by atoms with Gasteiger partial charge in [0.25, 0.3) is 0 Å². The molecule has 67 heavy (non-hydrogen) atoms. The Morgan fingerprint density at radius 1 is 0.313 bits per heavy atom. The molecule has 0 radical (unpaired) electrons. The Balaban J connectivity index is 0.886. The van der Waals surface area contributed by atoms with E-state index in [1.165, 1.54) is 21.8 Å². The Bertz CT molecular complexity index is 4270. The zero-order valence-electron chi connectivity index (χ0n) is 36.0. The molecule has 4 aromatic heterocycles. The van der Waals surface area contributed by atoms with E-state index in [1.54, 1.807) is 0 Å². The lowest BCUT2D eigenvalue weighted by Gasteiger charge is -2.13. The summed E-state index contributed by atoms with van der Waals surface area (Å²) in [5.74, 6) is 0.666. The molecular formula is C62H37N3O2. The van der Waals surface area contributed by atoms with Crippen molar-refractivity contribution in [2.45, 2.75) is 0 Å². The quantitative estimate of drug-likeness (QED) is 0.167. The first-order chi connectivity index (χ1) is 33.2. The number of para-hydroxylation sites is 3. The average Bonchev–Trinajstić information content (AvgIpc) is 4.08. The molecule has 5 heteroatoms. The van der Waals surface area contributed by atoms with Gasteiger partial charge in [0.05, 0.1) is 22.2 Å². The number of fused-ring (bicyclic) bond motifs is 10. The molecule has 0 aliphatic rings. The Kier molecular flexibility index (Phi) is 8.21. The van der Waals surface area contributed by atoms with Crippen LogP contribution < -0.4 is 0 Å². The highest BCUT2D eigenvalue weighted by Gasteiger charge is 2.19. The molecule has 312 valence electrons. The maximum absolute atomic E-state index is 6.56. The second-order valence-electron chi connectivity index (χ2n) is 17.3. The minimum absolute atomic E-state index is 0.666. The maximum Gasteiger partial charge on any atom is 0.160 e. The number of nitrogens with zero attached hydrogens (tertiary/aromatic N) is 3. The molecule has 0 aliphatic heterocycles. The van der Waals surface area contributed by atoms with E-state index in [1.807, 2.05) is 24.3 Å². The highest BCUT2D eigenvalue weighted by Crippen LogP contribution is 2.42. The van der Waals surface area contributed by atoms with Gasteiger partial charge in [-0.2, -0.15) is 0 Å². The summed E-state index contributed by atoms with van der Waals surface area (Å²) in [6.07, 6.45) is 0. The Labute approximate surface area is 384 Å². The Morgan fingerprint density at radius 3 is 1.67 bits per heavy atom. The second-order valence-corrected chi connectivity index (χ2v) is 17.3. The largest absolute Gasteiger partial charge is 0.456 e. The van der Waals surface area contributed by atoms with E-state index in [0.29, 0.717) is 5.82 Å². The fourth-order valence-electron chi connectivity index (χ4n) is 10.3. The summed E-state index contributed by atoms with van der Waals surface area (Å²) in [6, 6.07) is 79.1. The number of aromatic nitrogens is 3. The van der Waals surface area contributed by atoms with Crippen molar-refractivity contribution in [3.05, 3.63) is 224 Å². The molecule has 0 saturated heterocycles. The van der Waals surface area contributed by atoms with Gasteiger partial charge in [0.2, 0.25) is 0 Å². The van der Waals surface area contributed by atoms with Crippen molar-refractivity contribution in [1.82, 2.24) is 14.5 Å². The molecule has 0 amide bonds. The zero-order chi connectivity index (χ0) is 44.0. The van der Waals surface area contributed by atoms with Gasteiger partial charge in [0.1, 0.15) is 22.3 Å². The third-order valence-electron chi connectivity index (χ3n) is 13.4. The highest BCUT2D eigenvalue weighted by molar-refractivity contribution is 6.15. The van der Waals surface area contributed by atoms with Gasteiger partial charge in [0.15, 0.2) is 5.82 Å². The van der Waals surface area contributed by atoms with Crippen LogP contribution in [0.3, 0.4) is 0 Å². The van der Waals surface area contributed by atoms with Crippen LogP contribution in [0.25, 0.3) is 138 Å². The summed E-state index contributed by atoms with van der Waals surface area (Å²) in [7, 11) is 0. The van der Waals surface area contributed by atoms with Crippen molar-refractivity contribution in [2.75, 3.05) is 0 Å². The van der Waals surface area contributed by atoms with E-state index in [-0.39, 0.29) is 0 Å². The van der Waals surface area contributed by atoms with Crippen LogP contribution in [0.2, 0.25) is 0 Å². The van der Waals surface area contributed by atoms with E-state index in [2.05, 4.69) is 205 Å². The van der Waals surface area contributed by atoms with Crippen molar-refractivity contribution >= 4 is 76.6 Å². The molecule has 14 aromatic rings. The third kappa shape index (κ3) is 5.95. The van der Waals surface area contributed by atoms with Crippen LogP contribution in [-0.4, -0.2) is 14.5 Å². The molecule has 0 saturated carbocycles. The molecule has 0 N–H and O–H groups in total. The monoisotopic (exact) mass is 855 g/mol. The van der Waals surface area contributed by atoms with Gasteiger partial charge in [-0.15, -0.1) is 0 Å². The number of furan rings is 2. The fourth-order valence-corrected chi connectivity index (χ4v) is 10.3. The van der Waals surface area contributed by atoms with Crippen LogP contribution in [0, 0.1) is 0 Å². The maximum atomic E-state index is 6.56. The normalized spacial score (nSPS) is 11.9. The Hall–Kier alpha value is -9.06. The fraction of sp³-hybridized carbons (Fsp3) is 0. The summed E-state index contributed by atoms with van der Waals surface area (Å²) in [5, 5.41) is 7.80. The number of rotatable bonds is 6. The minimum Gasteiger partial charge on any atom is -0.456 e. The van der Waals surface area contributed by atoms with Crippen LogP contribution in [0.1, 0.15) is 0 Å². The first kappa shape index (κ1) is 37.3. The van der Waals surface area contributed by atoms with Gasteiger partial charge in [0, 0.05) is 54.5 Å². The van der Waals surface area contributed by atoms with Crippen molar-refractivity contribution in [1.29, 1.82) is 0 Å². The summed E-state index contributed by atoms with van der Waals surface area (Å²) in [6.45, 7) is 0. The van der Waals surface area contributed by atoms with E-state index in [4.69, 9.17) is 18.8 Å². The average molecular weight is 856 g/mol. The highest BCUT2D eigenvalue weighted by atomic mass is 16.3. The van der Waals surface area contributed by atoms with Gasteiger partial charge < -0.3 is 13.4 Å². The molecule has 10 aromatic carbocycles. The van der Waals surface area contributed by atoms with E-state index in [0.717, 1.165) is 111 Å².